The summed E-state index contributed by atoms with van der Waals surface area (Å²) in [5.41, 5.74) is 2.56. The van der Waals surface area contributed by atoms with Crippen LogP contribution in [0, 0.1) is 17.2 Å². The normalized spacial score (nSPS) is 16.8. The van der Waals surface area contributed by atoms with Gasteiger partial charge in [0, 0.05) is 25.1 Å². The number of aliphatic carboxylic acids is 1. The Morgan fingerprint density at radius 2 is 1.97 bits per heavy atom. The molecular weight excluding hydrogens is 368 g/mol. The summed E-state index contributed by atoms with van der Waals surface area (Å²) < 4.78 is 11.3. The van der Waals surface area contributed by atoms with Crippen molar-refractivity contribution in [2.45, 2.75) is 25.8 Å². The van der Waals surface area contributed by atoms with Crippen molar-refractivity contribution in [1.29, 1.82) is 5.26 Å². The molecule has 3 rings (SSSR count). The molecule has 1 fully saturated rings. The highest BCUT2D eigenvalue weighted by Gasteiger charge is 2.21. The quantitative estimate of drug-likeness (QED) is 0.738. The first-order chi connectivity index (χ1) is 14.1. The van der Waals surface area contributed by atoms with Crippen LogP contribution in [0.1, 0.15) is 29.5 Å². The fourth-order valence-electron chi connectivity index (χ4n) is 3.69. The lowest BCUT2D eigenvalue weighted by Crippen LogP contribution is -2.37. The van der Waals surface area contributed by atoms with E-state index >= 15 is 0 Å². The Labute approximate surface area is 171 Å². The van der Waals surface area contributed by atoms with Gasteiger partial charge in [-0.1, -0.05) is 24.3 Å². The maximum Gasteiger partial charge on any atom is 0.307 e. The minimum absolute atomic E-state index is 0.0578. The smallest absolute Gasteiger partial charge is 0.307 e. The summed E-state index contributed by atoms with van der Waals surface area (Å²) in [6, 6.07) is 15.1. The van der Waals surface area contributed by atoms with Crippen LogP contribution in [0.25, 0.3) is 0 Å². The van der Waals surface area contributed by atoms with Gasteiger partial charge in [-0.25, -0.2) is 0 Å². The van der Waals surface area contributed by atoms with Crippen LogP contribution >= 0.6 is 0 Å². The monoisotopic (exact) mass is 394 g/mol. The molecule has 1 saturated heterocycles. The van der Waals surface area contributed by atoms with Gasteiger partial charge in [-0.15, -0.1) is 0 Å². The number of rotatable bonds is 8. The van der Waals surface area contributed by atoms with Crippen molar-refractivity contribution in [3.8, 4) is 17.6 Å². The van der Waals surface area contributed by atoms with Crippen molar-refractivity contribution in [3.63, 3.8) is 0 Å². The van der Waals surface area contributed by atoms with E-state index in [4.69, 9.17) is 19.8 Å². The summed E-state index contributed by atoms with van der Waals surface area (Å²) in [5.74, 6) is 0.863. The van der Waals surface area contributed by atoms with Crippen LogP contribution in [0.15, 0.2) is 42.5 Å². The van der Waals surface area contributed by atoms with Crippen molar-refractivity contribution in [3.05, 3.63) is 59.2 Å². The predicted molar refractivity (Wildman–Crippen MR) is 109 cm³/mol. The average molecular weight is 394 g/mol. The second-order valence-electron chi connectivity index (χ2n) is 7.42. The van der Waals surface area contributed by atoms with Gasteiger partial charge in [0.1, 0.15) is 0 Å². The number of carbonyl (C=O) groups is 1. The number of methoxy groups -OCH3 is 1. The molecule has 1 aliphatic heterocycles. The Bertz CT molecular complexity index is 873. The third-order valence-electron chi connectivity index (χ3n) is 5.15. The number of ether oxygens (including phenoxy) is 2. The number of hydrogen-bond donors (Lipinski definition) is 1. The molecule has 1 N–H and O–H groups in total. The Morgan fingerprint density at radius 1 is 1.21 bits per heavy atom. The van der Waals surface area contributed by atoms with Gasteiger partial charge in [0.15, 0.2) is 11.5 Å². The molecule has 2 aromatic carbocycles. The molecular formula is C23H26N2O4. The van der Waals surface area contributed by atoms with Gasteiger partial charge in [-0.05, 0) is 42.6 Å². The maximum absolute atomic E-state index is 10.8. The Morgan fingerprint density at radius 3 is 2.66 bits per heavy atom. The lowest BCUT2D eigenvalue weighted by molar-refractivity contribution is -0.136. The molecule has 29 heavy (non-hydrogen) atoms. The molecule has 1 atom stereocenters. The van der Waals surface area contributed by atoms with Gasteiger partial charge >= 0.3 is 5.97 Å². The fraction of sp³-hybridized carbons (Fsp3) is 0.391. The van der Waals surface area contributed by atoms with Gasteiger partial charge in [0.2, 0.25) is 0 Å². The van der Waals surface area contributed by atoms with E-state index in [1.807, 2.05) is 24.3 Å². The molecule has 6 nitrogen and oxygen atoms in total. The maximum atomic E-state index is 10.8. The molecule has 0 aliphatic carbocycles. The van der Waals surface area contributed by atoms with Gasteiger partial charge in [0.25, 0.3) is 0 Å². The molecule has 0 aromatic heterocycles. The Hall–Kier alpha value is -3.04. The van der Waals surface area contributed by atoms with E-state index in [9.17, 15) is 4.79 Å². The number of nitriles is 1. The van der Waals surface area contributed by atoms with Gasteiger partial charge in [0.05, 0.1) is 31.8 Å². The Kier molecular flexibility index (Phi) is 7.09. The standard InChI is InChI=1S/C23H26N2O4/c1-28-22-11-19(13-24)8-9-21(22)29-16-20-3-2-10-25(15-20)14-18-6-4-17(5-7-18)12-23(26)27/h4-9,11,20H,2-3,10,12,14-16H2,1H3,(H,26,27). The molecule has 1 unspecified atom stereocenters. The first-order valence-electron chi connectivity index (χ1n) is 9.80. The zero-order valence-electron chi connectivity index (χ0n) is 16.6. The fourth-order valence-corrected chi connectivity index (χ4v) is 3.69. The summed E-state index contributed by atoms with van der Waals surface area (Å²) in [7, 11) is 1.58. The number of carboxylic acids is 1. The van der Waals surface area contributed by atoms with Crippen LogP contribution in [0.5, 0.6) is 11.5 Å². The number of carboxylic acid groups (broad SMARTS) is 1. The van der Waals surface area contributed by atoms with Gasteiger partial charge < -0.3 is 14.6 Å². The van der Waals surface area contributed by atoms with Crippen molar-refractivity contribution >= 4 is 5.97 Å². The van der Waals surface area contributed by atoms with E-state index in [1.165, 1.54) is 5.56 Å². The molecule has 152 valence electrons. The number of hydrogen-bond acceptors (Lipinski definition) is 5. The zero-order valence-corrected chi connectivity index (χ0v) is 16.6. The van der Waals surface area contributed by atoms with Crippen molar-refractivity contribution in [2.24, 2.45) is 5.92 Å². The van der Waals surface area contributed by atoms with Crippen LogP contribution in [-0.4, -0.2) is 42.8 Å². The van der Waals surface area contributed by atoms with Gasteiger partial charge in [-0.3, -0.25) is 9.69 Å². The van der Waals surface area contributed by atoms with E-state index in [1.54, 1.807) is 25.3 Å². The van der Waals surface area contributed by atoms with E-state index in [-0.39, 0.29) is 6.42 Å². The first kappa shape index (κ1) is 20.7. The largest absolute Gasteiger partial charge is 0.493 e. The highest BCUT2D eigenvalue weighted by Crippen LogP contribution is 2.29. The van der Waals surface area contributed by atoms with Crippen molar-refractivity contribution in [2.75, 3.05) is 26.8 Å². The van der Waals surface area contributed by atoms with E-state index in [2.05, 4.69) is 11.0 Å². The number of nitrogens with zero attached hydrogens (tertiary/aromatic N) is 2. The van der Waals surface area contributed by atoms with Crippen LogP contribution in [0.4, 0.5) is 0 Å². The van der Waals surface area contributed by atoms with Crippen molar-refractivity contribution in [1.82, 2.24) is 4.90 Å². The van der Waals surface area contributed by atoms with Crippen molar-refractivity contribution < 1.29 is 19.4 Å². The number of likely N-dealkylation sites (tertiary alicyclic amines) is 1. The topological polar surface area (TPSA) is 82.8 Å². The first-order valence-corrected chi connectivity index (χ1v) is 9.80. The number of benzene rings is 2. The minimum atomic E-state index is -0.810. The molecule has 0 amide bonds. The second kappa shape index (κ2) is 9.94. The molecule has 0 radical (unpaired) electrons. The van der Waals surface area contributed by atoms with Crippen LogP contribution < -0.4 is 9.47 Å². The van der Waals surface area contributed by atoms with E-state index in [0.29, 0.717) is 29.6 Å². The highest BCUT2D eigenvalue weighted by molar-refractivity contribution is 5.70. The summed E-state index contributed by atoms with van der Waals surface area (Å²) in [6.45, 7) is 3.46. The average Bonchev–Trinajstić information content (AvgIpc) is 2.73. The van der Waals surface area contributed by atoms with Crippen LogP contribution in [0.3, 0.4) is 0 Å². The minimum Gasteiger partial charge on any atom is -0.493 e. The van der Waals surface area contributed by atoms with Crippen LogP contribution in [0.2, 0.25) is 0 Å². The lowest BCUT2D eigenvalue weighted by atomic mass is 9.98. The zero-order chi connectivity index (χ0) is 20.6. The summed E-state index contributed by atoms with van der Waals surface area (Å²) in [5, 5.41) is 17.9. The molecule has 6 heteroatoms. The third-order valence-corrected chi connectivity index (χ3v) is 5.15. The number of piperidine rings is 1. The molecule has 0 saturated carbocycles. The molecule has 1 aliphatic rings. The second-order valence-corrected chi connectivity index (χ2v) is 7.42. The summed E-state index contributed by atoms with van der Waals surface area (Å²) >= 11 is 0. The third kappa shape index (κ3) is 5.97. The van der Waals surface area contributed by atoms with Crippen LogP contribution in [-0.2, 0) is 17.8 Å². The molecule has 1 heterocycles. The Balaban J connectivity index is 1.53. The SMILES string of the molecule is COc1cc(C#N)ccc1OCC1CCCN(Cc2ccc(CC(=O)O)cc2)C1. The summed E-state index contributed by atoms with van der Waals surface area (Å²) in [4.78, 5) is 13.2. The lowest BCUT2D eigenvalue weighted by Gasteiger charge is -2.32. The van der Waals surface area contributed by atoms with E-state index < -0.39 is 5.97 Å². The molecule has 2 aromatic rings. The molecule has 0 bridgehead atoms. The van der Waals surface area contributed by atoms with Gasteiger partial charge in [-0.2, -0.15) is 5.26 Å². The summed E-state index contributed by atoms with van der Waals surface area (Å²) in [6.07, 6.45) is 2.30. The highest BCUT2D eigenvalue weighted by atomic mass is 16.5. The predicted octanol–water partition coefficient (Wildman–Crippen LogP) is 3.48. The molecule has 0 spiro atoms. The van der Waals surface area contributed by atoms with E-state index in [0.717, 1.165) is 38.0 Å².